The van der Waals surface area contributed by atoms with Crippen molar-refractivity contribution in [1.82, 2.24) is 4.90 Å². The van der Waals surface area contributed by atoms with Crippen molar-refractivity contribution in [1.29, 1.82) is 0 Å². The number of carbonyl (C=O) groups excluding carboxylic acids is 1. The minimum absolute atomic E-state index is 0.0345. The van der Waals surface area contributed by atoms with Gasteiger partial charge < -0.3 is 15.4 Å². The van der Waals surface area contributed by atoms with Crippen molar-refractivity contribution in [2.45, 2.75) is 26.4 Å². The number of morpholine rings is 1. The molecule has 1 fully saturated rings. The molecule has 1 aliphatic rings. The molecule has 104 valence electrons. The van der Waals surface area contributed by atoms with E-state index in [4.69, 9.17) is 10.5 Å². The largest absolute Gasteiger partial charge is 0.398 e. The number of nitrogen functional groups attached to an aromatic ring is 1. The molecule has 0 aliphatic carbocycles. The number of amides is 1. The lowest BCUT2D eigenvalue weighted by Crippen LogP contribution is -2.45. The van der Waals surface area contributed by atoms with Gasteiger partial charge >= 0.3 is 0 Å². The number of halogens is 1. The maximum Gasteiger partial charge on any atom is 0.254 e. The van der Waals surface area contributed by atoms with E-state index in [9.17, 15) is 4.79 Å². The van der Waals surface area contributed by atoms with Crippen molar-refractivity contribution < 1.29 is 9.53 Å². The fourth-order valence-corrected chi connectivity index (χ4v) is 2.72. The molecule has 1 amide bonds. The highest BCUT2D eigenvalue weighted by Crippen LogP contribution is 2.24. The molecule has 4 nitrogen and oxygen atoms in total. The van der Waals surface area contributed by atoms with E-state index in [1.165, 1.54) is 0 Å². The molecule has 0 saturated carbocycles. The summed E-state index contributed by atoms with van der Waals surface area (Å²) in [6, 6.07) is 3.66. The first-order chi connectivity index (χ1) is 9.02. The molecule has 1 aromatic carbocycles. The molecule has 1 unspecified atom stereocenters. The third-order valence-corrected chi connectivity index (χ3v) is 3.98. The van der Waals surface area contributed by atoms with Crippen LogP contribution < -0.4 is 5.73 Å². The number of nitrogens with zero attached hydrogens (tertiary/aromatic N) is 1. The second kappa shape index (κ2) is 5.92. The number of ether oxygens (including phenoxy) is 1. The number of nitrogens with two attached hydrogens (primary N) is 1. The number of anilines is 1. The van der Waals surface area contributed by atoms with Crippen molar-refractivity contribution in [2.75, 3.05) is 25.4 Å². The minimum Gasteiger partial charge on any atom is -0.398 e. The Morgan fingerprint density at radius 2 is 2.32 bits per heavy atom. The van der Waals surface area contributed by atoms with Crippen LogP contribution in [0.5, 0.6) is 0 Å². The topological polar surface area (TPSA) is 55.6 Å². The van der Waals surface area contributed by atoms with Gasteiger partial charge in [-0.1, -0.05) is 22.9 Å². The predicted molar refractivity (Wildman–Crippen MR) is 79.2 cm³/mol. The standard InChI is InChI=1S/C14H19BrN2O2/c1-3-11-8-17(4-5-19-11)14(18)12-6-10(15)7-13(16)9(12)2/h6-7,11H,3-5,8,16H2,1-2H3. The van der Waals surface area contributed by atoms with Gasteiger partial charge in [0.1, 0.15) is 0 Å². The average molecular weight is 327 g/mol. The second-order valence-electron chi connectivity index (χ2n) is 4.82. The van der Waals surface area contributed by atoms with Gasteiger partial charge in [-0.25, -0.2) is 0 Å². The molecule has 1 heterocycles. The molecule has 0 aromatic heterocycles. The zero-order chi connectivity index (χ0) is 14.0. The fourth-order valence-electron chi connectivity index (χ4n) is 2.24. The second-order valence-corrected chi connectivity index (χ2v) is 5.74. The Balaban J connectivity index is 2.24. The molecular formula is C14H19BrN2O2. The van der Waals surface area contributed by atoms with E-state index in [-0.39, 0.29) is 12.0 Å². The zero-order valence-electron chi connectivity index (χ0n) is 11.3. The predicted octanol–water partition coefficient (Wildman–Crippen LogP) is 2.59. The van der Waals surface area contributed by atoms with E-state index in [1.807, 2.05) is 24.0 Å². The summed E-state index contributed by atoms with van der Waals surface area (Å²) in [4.78, 5) is 14.4. The van der Waals surface area contributed by atoms with Crippen molar-refractivity contribution in [3.05, 3.63) is 27.7 Å². The molecule has 1 atom stereocenters. The molecule has 19 heavy (non-hydrogen) atoms. The van der Waals surface area contributed by atoms with Gasteiger partial charge in [0.05, 0.1) is 12.7 Å². The molecule has 1 saturated heterocycles. The summed E-state index contributed by atoms with van der Waals surface area (Å²) < 4.78 is 6.43. The van der Waals surface area contributed by atoms with Crippen LogP contribution in [0.2, 0.25) is 0 Å². The summed E-state index contributed by atoms with van der Waals surface area (Å²) in [5.41, 5.74) is 8.06. The summed E-state index contributed by atoms with van der Waals surface area (Å²) in [5, 5.41) is 0. The first-order valence-corrected chi connectivity index (χ1v) is 7.28. The Kier molecular flexibility index (Phi) is 4.47. The molecule has 0 radical (unpaired) electrons. The van der Waals surface area contributed by atoms with Gasteiger partial charge in [0.25, 0.3) is 5.91 Å². The number of benzene rings is 1. The van der Waals surface area contributed by atoms with Crippen LogP contribution in [0.15, 0.2) is 16.6 Å². The molecule has 0 bridgehead atoms. The summed E-state index contributed by atoms with van der Waals surface area (Å²) in [6.07, 6.45) is 1.06. The van der Waals surface area contributed by atoms with Gasteiger partial charge in [0.2, 0.25) is 0 Å². The summed E-state index contributed by atoms with van der Waals surface area (Å²) >= 11 is 3.39. The smallest absolute Gasteiger partial charge is 0.254 e. The Bertz CT molecular complexity index is 491. The van der Waals surface area contributed by atoms with E-state index in [0.717, 1.165) is 16.5 Å². The van der Waals surface area contributed by atoms with Crippen molar-refractivity contribution >= 4 is 27.5 Å². The lowest BCUT2D eigenvalue weighted by atomic mass is 10.0. The Morgan fingerprint density at radius 1 is 1.58 bits per heavy atom. The van der Waals surface area contributed by atoms with E-state index in [0.29, 0.717) is 30.9 Å². The van der Waals surface area contributed by atoms with Crippen LogP contribution in [0.4, 0.5) is 5.69 Å². The van der Waals surface area contributed by atoms with Gasteiger partial charge in [0.15, 0.2) is 0 Å². The van der Waals surface area contributed by atoms with E-state index in [2.05, 4.69) is 22.9 Å². The number of rotatable bonds is 2. The van der Waals surface area contributed by atoms with Crippen LogP contribution in [0.25, 0.3) is 0 Å². The monoisotopic (exact) mass is 326 g/mol. The molecule has 1 aliphatic heterocycles. The van der Waals surface area contributed by atoms with Gasteiger partial charge in [-0.3, -0.25) is 4.79 Å². The highest BCUT2D eigenvalue weighted by molar-refractivity contribution is 9.10. The highest BCUT2D eigenvalue weighted by Gasteiger charge is 2.25. The summed E-state index contributed by atoms with van der Waals surface area (Å²) in [5.74, 6) is 0.0345. The van der Waals surface area contributed by atoms with Gasteiger partial charge in [-0.2, -0.15) is 0 Å². The van der Waals surface area contributed by atoms with E-state index in [1.54, 1.807) is 0 Å². The van der Waals surface area contributed by atoms with Crippen LogP contribution in [-0.2, 0) is 4.74 Å². The van der Waals surface area contributed by atoms with E-state index < -0.39 is 0 Å². The third kappa shape index (κ3) is 3.09. The fraction of sp³-hybridized carbons (Fsp3) is 0.500. The summed E-state index contributed by atoms with van der Waals surface area (Å²) in [7, 11) is 0. The Hall–Kier alpha value is -1.07. The molecule has 1 aromatic rings. The zero-order valence-corrected chi connectivity index (χ0v) is 12.9. The third-order valence-electron chi connectivity index (χ3n) is 3.52. The SMILES string of the molecule is CCC1CN(C(=O)c2cc(Br)cc(N)c2C)CCO1. The van der Waals surface area contributed by atoms with Crippen LogP contribution in [0.1, 0.15) is 29.3 Å². The van der Waals surface area contributed by atoms with Gasteiger partial charge in [0, 0.05) is 28.8 Å². The quantitative estimate of drug-likeness (QED) is 0.850. The van der Waals surface area contributed by atoms with Crippen LogP contribution >= 0.6 is 15.9 Å². The lowest BCUT2D eigenvalue weighted by Gasteiger charge is -2.33. The van der Waals surface area contributed by atoms with Crippen LogP contribution in [-0.4, -0.2) is 36.6 Å². The molecular weight excluding hydrogens is 308 g/mol. The van der Waals surface area contributed by atoms with Crippen LogP contribution in [0, 0.1) is 6.92 Å². The molecule has 5 heteroatoms. The maximum absolute atomic E-state index is 12.6. The number of hydrogen-bond acceptors (Lipinski definition) is 3. The number of carbonyl (C=O) groups is 1. The minimum atomic E-state index is 0.0345. The summed E-state index contributed by atoms with van der Waals surface area (Å²) in [6.45, 7) is 5.85. The van der Waals surface area contributed by atoms with Crippen molar-refractivity contribution in [2.24, 2.45) is 0 Å². The van der Waals surface area contributed by atoms with Gasteiger partial charge in [-0.05, 0) is 31.0 Å². The van der Waals surface area contributed by atoms with Crippen LogP contribution in [0.3, 0.4) is 0 Å². The van der Waals surface area contributed by atoms with Crippen molar-refractivity contribution in [3.8, 4) is 0 Å². The molecule has 0 spiro atoms. The lowest BCUT2D eigenvalue weighted by molar-refractivity contribution is -0.0226. The van der Waals surface area contributed by atoms with Crippen molar-refractivity contribution in [3.63, 3.8) is 0 Å². The number of hydrogen-bond donors (Lipinski definition) is 1. The highest BCUT2D eigenvalue weighted by atomic mass is 79.9. The average Bonchev–Trinajstić information content (AvgIpc) is 2.42. The molecule has 2 N–H and O–H groups in total. The first kappa shape index (κ1) is 14.3. The Morgan fingerprint density at radius 3 is 3.00 bits per heavy atom. The van der Waals surface area contributed by atoms with Gasteiger partial charge in [-0.15, -0.1) is 0 Å². The first-order valence-electron chi connectivity index (χ1n) is 6.49. The maximum atomic E-state index is 12.6. The normalized spacial score (nSPS) is 19.5. The van der Waals surface area contributed by atoms with E-state index >= 15 is 0 Å². The Labute approximate surface area is 122 Å². The molecule has 2 rings (SSSR count).